The quantitative estimate of drug-likeness (QED) is 0.760. The van der Waals surface area contributed by atoms with Gasteiger partial charge in [0.1, 0.15) is 0 Å². The van der Waals surface area contributed by atoms with Gasteiger partial charge in [0.2, 0.25) is 0 Å². The third-order valence-electron chi connectivity index (χ3n) is 3.59. The monoisotopic (exact) mass is 292 g/mol. The van der Waals surface area contributed by atoms with Crippen molar-refractivity contribution in [2.24, 2.45) is 0 Å². The van der Waals surface area contributed by atoms with Gasteiger partial charge in [-0.1, -0.05) is 25.0 Å². The van der Waals surface area contributed by atoms with Crippen LogP contribution < -0.4 is 10.6 Å². The van der Waals surface area contributed by atoms with Crippen LogP contribution in [0.15, 0.2) is 24.3 Å². The van der Waals surface area contributed by atoms with E-state index in [1.165, 1.54) is 25.7 Å². The van der Waals surface area contributed by atoms with Crippen molar-refractivity contribution in [1.82, 2.24) is 5.32 Å². The number of rotatable bonds is 7. The second kappa shape index (κ2) is 8.64. The maximum absolute atomic E-state index is 11.6. The van der Waals surface area contributed by atoms with Crippen LogP contribution in [0, 0.1) is 0 Å². The molecule has 2 N–H and O–H groups in total. The molecule has 0 bridgehead atoms. The highest BCUT2D eigenvalue weighted by Crippen LogP contribution is 2.22. The highest BCUT2D eigenvalue weighted by Gasteiger charge is 2.15. The molecule has 0 saturated heterocycles. The molecule has 0 aromatic heterocycles. The second-order valence-electron chi connectivity index (χ2n) is 5.29. The van der Waals surface area contributed by atoms with Crippen molar-refractivity contribution in [3.63, 3.8) is 0 Å². The minimum absolute atomic E-state index is 0.220. The Balaban J connectivity index is 1.71. The van der Waals surface area contributed by atoms with E-state index >= 15 is 0 Å². The highest BCUT2D eigenvalue weighted by molar-refractivity contribution is 5.89. The van der Waals surface area contributed by atoms with Gasteiger partial charge in [-0.15, -0.1) is 0 Å². The molecule has 0 heterocycles. The maximum atomic E-state index is 11.6. The number of hydrogen-bond acceptors (Lipinski definition) is 3. The summed E-state index contributed by atoms with van der Waals surface area (Å²) in [5, 5.41) is 5.49. The minimum Gasteiger partial charge on any atom is -0.383 e. The molecule has 5 heteroatoms. The Kier molecular flexibility index (Phi) is 6.50. The van der Waals surface area contributed by atoms with Gasteiger partial charge in [-0.25, -0.2) is 4.79 Å². The van der Waals surface area contributed by atoms with Crippen LogP contribution in [-0.2, 0) is 16.1 Å². The number of urea groups is 1. The normalized spacial score (nSPS) is 15.1. The Labute approximate surface area is 126 Å². The van der Waals surface area contributed by atoms with E-state index < -0.39 is 0 Å². The van der Waals surface area contributed by atoms with E-state index in [2.05, 4.69) is 10.6 Å². The lowest BCUT2D eigenvalue weighted by atomic mass is 10.2. The standard InChI is InChI=1S/C16H24N2O3/c1-20-11-10-17-16(19)18-14-8-6-13(7-9-14)12-21-15-4-2-3-5-15/h6-9,15H,2-5,10-12H2,1H3,(H2,17,18,19). The van der Waals surface area contributed by atoms with Crippen LogP contribution in [0.1, 0.15) is 31.2 Å². The maximum Gasteiger partial charge on any atom is 0.319 e. The van der Waals surface area contributed by atoms with E-state index in [4.69, 9.17) is 9.47 Å². The zero-order valence-corrected chi connectivity index (χ0v) is 12.6. The Morgan fingerprint density at radius 3 is 2.62 bits per heavy atom. The number of carbonyl (C=O) groups is 1. The number of hydrogen-bond donors (Lipinski definition) is 2. The van der Waals surface area contributed by atoms with Gasteiger partial charge < -0.3 is 20.1 Å². The van der Waals surface area contributed by atoms with Gasteiger partial charge in [-0.2, -0.15) is 0 Å². The van der Waals surface area contributed by atoms with Crippen molar-refractivity contribution in [3.8, 4) is 0 Å². The van der Waals surface area contributed by atoms with Gasteiger partial charge in [0, 0.05) is 19.3 Å². The Morgan fingerprint density at radius 2 is 1.95 bits per heavy atom. The minimum atomic E-state index is -0.220. The van der Waals surface area contributed by atoms with Crippen molar-refractivity contribution in [2.45, 2.75) is 38.4 Å². The summed E-state index contributed by atoms with van der Waals surface area (Å²) in [6, 6.07) is 7.54. The molecule has 0 unspecified atom stereocenters. The predicted octanol–water partition coefficient (Wildman–Crippen LogP) is 2.91. The lowest BCUT2D eigenvalue weighted by Crippen LogP contribution is -2.31. The average Bonchev–Trinajstić information content (AvgIpc) is 3.00. The Hall–Kier alpha value is -1.59. The van der Waals surface area contributed by atoms with Gasteiger partial charge in [0.25, 0.3) is 0 Å². The number of benzene rings is 1. The van der Waals surface area contributed by atoms with Crippen molar-refractivity contribution >= 4 is 11.7 Å². The van der Waals surface area contributed by atoms with Crippen LogP contribution in [0.25, 0.3) is 0 Å². The predicted molar refractivity (Wildman–Crippen MR) is 82.4 cm³/mol. The molecule has 21 heavy (non-hydrogen) atoms. The summed E-state index contributed by atoms with van der Waals surface area (Å²) >= 11 is 0. The van der Waals surface area contributed by atoms with Crippen molar-refractivity contribution in [1.29, 1.82) is 0 Å². The molecule has 0 aliphatic heterocycles. The molecule has 5 nitrogen and oxygen atoms in total. The number of amides is 2. The van der Waals surface area contributed by atoms with Gasteiger partial charge in [0.05, 0.1) is 19.3 Å². The zero-order valence-electron chi connectivity index (χ0n) is 12.6. The van der Waals surface area contributed by atoms with Crippen LogP contribution >= 0.6 is 0 Å². The molecule has 1 aliphatic rings. The summed E-state index contributed by atoms with van der Waals surface area (Å²) in [7, 11) is 1.60. The second-order valence-corrected chi connectivity index (χ2v) is 5.29. The van der Waals surface area contributed by atoms with E-state index in [-0.39, 0.29) is 6.03 Å². The van der Waals surface area contributed by atoms with Gasteiger partial charge in [-0.05, 0) is 30.5 Å². The van der Waals surface area contributed by atoms with E-state index in [0.29, 0.717) is 25.9 Å². The summed E-state index contributed by atoms with van der Waals surface area (Å²) in [6.45, 7) is 1.64. The van der Waals surface area contributed by atoms with Crippen LogP contribution in [0.5, 0.6) is 0 Å². The summed E-state index contributed by atoms with van der Waals surface area (Å²) in [4.78, 5) is 11.6. The van der Waals surface area contributed by atoms with E-state index in [9.17, 15) is 4.79 Å². The molecule has 2 rings (SSSR count). The summed E-state index contributed by atoms with van der Waals surface area (Å²) in [5.41, 5.74) is 1.90. The van der Waals surface area contributed by atoms with E-state index in [1.54, 1.807) is 7.11 Å². The molecule has 0 atom stereocenters. The molecular formula is C16H24N2O3. The largest absolute Gasteiger partial charge is 0.383 e. The first-order valence-corrected chi connectivity index (χ1v) is 7.52. The van der Waals surface area contributed by atoms with Crippen molar-refractivity contribution < 1.29 is 14.3 Å². The number of ether oxygens (including phenoxy) is 2. The Morgan fingerprint density at radius 1 is 1.24 bits per heavy atom. The molecule has 1 aliphatic carbocycles. The molecule has 2 amide bonds. The molecule has 116 valence electrons. The first kappa shape index (κ1) is 15.8. The average molecular weight is 292 g/mol. The van der Waals surface area contributed by atoms with Crippen molar-refractivity contribution in [2.75, 3.05) is 25.6 Å². The third kappa shape index (κ3) is 5.73. The first-order valence-electron chi connectivity index (χ1n) is 7.52. The molecule has 1 aromatic carbocycles. The lowest BCUT2D eigenvalue weighted by molar-refractivity contribution is 0.0457. The number of anilines is 1. The topological polar surface area (TPSA) is 59.6 Å². The van der Waals surface area contributed by atoms with Crippen LogP contribution in [0.2, 0.25) is 0 Å². The fourth-order valence-corrected chi connectivity index (χ4v) is 2.40. The van der Waals surface area contributed by atoms with Crippen LogP contribution in [-0.4, -0.2) is 32.4 Å². The third-order valence-corrected chi connectivity index (χ3v) is 3.59. The highest BCUT2D eigenvalue weighted by atomic mass is 16.5. The molecule has 1 aromatic rings. The lowest BCUT2D eigenvalue weighted by Gasteiger charge is -2.11. The van der Waals surface area contributed by atoms with Gasteiger partial charge >= 0.3 is 6.03 Å². The number of methoxy groups -OCH3 is 1. The molecule has 0 spiro atoms. The molecule has 1 fully saturated rings. The summed E-state index contributed by atoms with van der Waals surface area (Å²) < 4.78 is 10.7. The molecular weight excluding hydrogens is 268 g/mol. The summed E-state index contributed by atoms with van der Waals surface area (Å²) in [6.07, 6.45) is 5.36. The van der Waals surface area contributed by atoms with Crippen LogP contribution in [0.3, 0.4) is 0 Å². The fourth-order valence-electron chi connectivity index (χ4n) is 2.40. The molecule has 0 radical (unpaired) electrons. The van der Waals surface area contributed by atoms with Gasteiger partial charge in [0.15, 0.2) is 0 Å². The van der Waals surface area contributed by atoms with Gasteiger partial charge in [-0.3, -0.25) is 0 Å². The summed E-state index contributed by atoms with van der Waals surface area (Å²) in [5.74, 6) is 0. The smallest absolute Gasteiger partial charge is 0.319 e. The van der Waals surface area contributed by atoms with E-state index in [1.807, 2.05) is 24.3 Å². The Bertz CT molecular complexity index is 428. The van der Waals surface area contributed by atoms with E-state index in [0.717, 1.165) is 11.3 Å². The fraction of sp³-hybridized carbons (Fsp3) is 0.562. The SMILES string of the molecule is COCCNC(=O)Nc1ccc(COC2CCCC2)cc1. The zero-order chi connectivity index (χ0) is 14.9. The number of nitrogens with one attached hydrogen (secondary N) is 2. The van der Waals surface area contributed by atoms with Crippen molar-refractivity contribution in [3.05, 3.63) is 29.8 Å². The molecule has 1 saturated carbocycles. The number of carbonyl (C=O) groups excluding carboxylic acids is 1. The first-order chi connectivity index (χ1) is 10.3. The van der Waals surface area contributed by atoms with Crippen LogP contribution in [0.4, 0.5) is 10.5 Å².